The van der Waals surface area contributed by atoms with E-state index < -0.39 is 35.0 Å². The van der Waals surface area contributed by atoms with Crippen molar-refractivity contribution in [3.05, 3.63) is 143 Å². The standard InChI is InChI=1S/C35H23FN2O4/c36-23-15-13-21(14-16-23)31(39)30-29(32(40)28-19-22-8-2-6-12-27(22)42-28)35(25-10-4-5-11-26(25)37-34(35)41)33-24-9-3-1-7-20(24)17-18-38(30)33/h1-19,29-30,33H,(H,37,41). The van der Waals surface area contributed by atoms with Crippen LogP contribution in [0, 0.1) is 11.7 Å². The van der Waals surface area contributed by atoms with E-state index in [0.717, 1.165) is 16.5 Å². The molecule has 5 aromatic rings. The van der Waals surface area contributed by atoms with Gasteiger partial charge in [-0.3, -0.25) is 14.4 Å². The highest BCUT2D eigenvalue weighted by molar-refractivity contribution is 6.16. The topological polar surface area (TPSA) is 79.6 Å². The van der Waals surface area contributed by atoms with Gasteiger partial charge in [-0.1, -0.05) is 60.7 Å². The maximum Gasteiger partial charge on any atom is 0.238 e. The van der Waals surface area contributed by atoms with Crippen LogP contribution in [0.1, 0.15) is 43.6 Å². The van der Waals surface area contributed by atoms with E-state index in [0.29, 0.717) is 16.8 Å². The zero-order valence-corrected chi connectivity index (χ0v) is 22.2. The predicted octanol–water partition coefficient (Wildman–Crippen LogP) is 6.55. The van der Waals surface area contributed by atoms with Gasteiger partial charge in [0.1, 0.15) is 22.9 Å². The molecular formula is C35H23FN2O4. The summed E-state index contributed by atoms with van der Waals surface area (Å²) in [7, 11) is 0. The van der Waals surface area contributed by atoms with E-state index in [1.807, 2.05) is 77.7 Å². The minimum atomic E-state index is -1.46. The van der Waals surface area contributed by atoms with Crippen LogP contribution in [-0.4, -0.2) is 28.4 Å². The lowest BCUT2D eigenvalue weighted by Crippen LogP contribution is -2.49. The van der Waals surface area contributed by atoms with Crippen molar-refractivity contribution in [2.75, 3.05) is 5.32 Å². The number of anilines is 1. The molecule has 8 rings (SSSR count). The van der Waals surface area contributed by atoms with Crippen LogP contribution in [-0.2, 0) is 10.2 Å². The van der Waals surface area contributed by atoms with Crippen LogP contribution in [0.3, 0.4) is 0 Å². The molecule has 0 bridgehead atoms. The summed E-state index contributed by atoms with van der Waals surface area (Å²) in [6.45, 7) is 0. The summed E-state index contributed by atoms with van der Waals surface area (Å²) in [4.78, 5) is 45.7. The molecule has 6 nitrogen and oxygen atoms in total. The number of benzene rings is 4. The lowest BCUT2D eigenvalue weighted by Gasteiger charge is -2.38. The summed E-state index contributed by atoms with van der Waals surface area (Å²) in [6.07, 6.45) is 3.71. The molecule has 7 heteroatoms. The maximum atomic E-state index is 14.9. The van der Waals surface area contributed by atoms with Crippen molar-refractivity contribution < 1.29 is 23.2 Å². The molecule has 4 atom stereocenters. The molecular weight excluding hydrogens is 531 g/mol. The monoisotopic (exact) mass is 554 g/mol. The molecule has 4 aromatic carbocycles. The zero-order valence-electron chi connectivity index (χ0n) is 22.2. The van der Waals surface area contributed by atoms with Crippen molar-refractivity contribution >= 4 is 40.2 Å². The van der Waals surface area contributed by atoms with Gasteiger partial charge in [0.25, 0.3) is 0 Å². The number of amides is 1. The van der Waals surface area contributed by atoms with Gasteiger partial charge in [0.05, 0.1) is 12.0 Å². The maximum absolute atomic E-state index is 14.9. The van der Waals surface area contributed by atoms with Crippen LogP contribution in [0.5, 0.6) is 0 Å². The number of para-hydroxylation sites is 2. The number of hydrogen-bond acceptors (Lipinski definition) is 5. The lowest BCUT2D eigenvalue weighted by atomic mass is 9.63. The number of carbonyl (C=O) groups excluding carboxylic acids is 3. The number of nitrogens with one attached hydrogen (secondary N) is 1. The van der Waals surface area contributed by atoms with Crippen molar-refractivity contribution in [1.82, 2.24) is 4.90 Å². The van der Waals surface area contributed by atoms with Crippen LogP contribution in [0.2, 0.25) is 0 Å². The molecule has 0 radical (unpaired) electrons. The Labute approximate surface area is 240 Å². The quantitative estimate of drug-likeness (QED) is 0.255. The van der Waals surface area contributed by atoms with E-state index in [-0.39, 0.29) is 23.0 Å². The van der Waals surface area contributed by atoms with Crippen molar-refractivity contribution in [2.45, 2.75) is 17.5 Å². The molecule has 204 valence electrons. The zero-order chi connectivity index (χ0) is 28.6. The Bertz CT molecular complexity index is 1940. The molecule has 1 spiro atoms. The number of halogens is 1. The predicted molar refractivity (Wildman–Crippen MR) is 155 cm³/mol. The van der Waals surface area contributed by atoms with Crippen LogP contribution in [0.4, 0.5) is 10.1 Å². The van der Waals surface area contributed by atoms with Crippen molar-refractivity contribution in [1.29, 1.82) is 0 Å². The van der Waals surface area contributed by atoms with Crippen LogP contribution in [0.15, 0.2) is 114 Å². The normalized spacial score (nSPS) is 23.5. The number of hydrogen-bond donors (Lipinski definition) is 1. The number of fused-ring (bicyclic) bond motifs is 7. The van der Waals surface area contributed by atoms with E-state index in [1.165, 1.54) is 24.3 Å². The Hall–Kier alpha value is -5.30. The molecule has 1 saturated heterocycles. The Kier molecular flexibility index (Phi) is 5.16. The van der Waals surface area contributed by atoms with Gasteiger partial charge in [0.15, 0.2) is 11.5 Å². The Balaban J connectivity index is 1.43. The highest BCUT2D eigenvalue weighted by Gasteiger charge is 2.71. The SMILES string of the molecule is O=C(c1ccc(F)cc1)C1C(C(=O)c2cc3ccccc3o2)C2(C(=O)Nc3ccccc32)C2c3ccccc3C=CN12. The molecule has 1 aromatic heterocycles. The molecule has 42 heavy (non-hydrogen) atoms. The summed E-state index contributed by atoms with van der Waals surface area (Å²) in [5, 5.41) is 3.77. The van der Waals surface area contributed by atoms with Crippen LogP contribution in [0.25, 0.3) is 17.0 Å². The van der Waals surface area contributed by atoms with Crippen molar-refractivity contribution in [2.24, 2.45) is 5.92 Å². The van der Waals surface area contributed by atoms with Gasteiger partial charge < -0.3 is 14.6 Å². The van der Waals surface area contributed by atoms with E-state index >= 15 is 0 Å². The molecule has 3 aliphatic heterocycles. The number of rotatable bonds is 4. The third-order valence-electron chi connectivity index (χ3n) is 8.92. The second-order valence-electron chi connectivity index (χ2n) is 11.0. The third-order valence-corrected chi connectivity index (χ3v) is 8.92. The average Bonchev–Trinajstić information content (AvgIpc) is 3.68. The molecule has 0 aliphatic carbocycles. The van der Waals surface area contributed by atoms with E-state index in [9.17, 15) is 18.8 Å². The van der Waals surface area contributed by atoms with Gasteiger partial charge in [0.2, 0.25) is 11.7 Å². The van der Waals surface area contributed by atoms with Gasteiger partial charge in [-0.15, -0.1) is 0 Å². The lowest BCUT2D eigenvalue weighted by molar-refractivity contribution is -0.122. The first-order valence-corrected chi connectivity index (χ1v) is 13.8. The van der Waals surface area contributed by atoms with Crippen LogP contribution >= 0.6 is 0 Å². The van der Waals surface area contributed by atoms with Gasteiger partial charge in [0, 0.05) is 22.8 Å². The molecule has 1 amide bonds. The minimum absolute atomic E-state index is 0.0757. The summed E-state index contributed by atoms with van der Waals surface area (Å²) >= 11 is 0. The fourth-order valence-corrected chi connectivity index (χ4v) is 7.21. The number of Topliss-reactive ketones (excluding diaryl/α,β-unsaturated/α-hetero) is 2. The first-order valence-electron chi connectivity index (χ1n) is 13.8. The molecule has 3 aliphatic rings. The fourth-order valence-electron chi connectivity index (χ4n) is 7.21. The second-order valence-corrected chi connectivity index (χ2v) is 11.0. The first-order chi connectivity index (χ1) is 20.5. The minimum Gasteiger partial charge on any atom is -0.453 e. The summed E-state index contributed by atoms with van der Waals surface area (Å²) in [5.41, 5.74) is 2.31. The van der Waals surface area contributed by atoms with Crippen molar-refractivity contribution in [3.63, 3.8) is 0 Å². The highest BCUT2D eigenvalue weighted by Crippen LogP contribution is 2.62. The fraction of sp³-hybridized carbons (Fsp3) is 0.114. The second kappa shape index (κ2) is 8.85. The van der Waals surface area contributed by atoms with E-state index in [4.69, 9.17) is 4.42 Å². The number of nitrogens with zero attached hydrogens (tertiary/aromatic N) is 1. The summed E-state index contributed by atoms with van der Waals surface area (Å²) in [6, 6.07) is 27.6. The Morgan fingerprint density at radius 2 is 1.60 bits per heavy atom. The molecule has 4 heterocycles. The molecule has 1 N–H and O–H groups in total. The van der Waals surface area contributed by atoms with E-state index in [1.54, 1.807) is 18.3 Å². The Morgan fingerprint density at radius 3 is 2.43 bits per heavy atom. The van der Waals surface area contributed by atoms with Gasteiger partial charge >= 0.3 is 0 Å². The average molecular weight is 555 g/mol. The number of carbonyl (C=O) groups is 3. The molecule has 0 saturated carbocycles. The van der Waals surface area contributed by atoms with Gasteiger partial charge in [-0.05, 0) is 65.2 Å². The number of furan rings is 1. The largest absolute Gasteiger partial charge is 0.453 e. The molecule has 4 unspecified atom stereocenters. The first kappa shape index (κ1) is 24.5. The third kappa shape index (κ3) is 3.22. The van der Waals surface area contributed by atoms with E-state index in [2.05, 4.69) is 5.32 Å². The summed E-state index contributed by atoms with van der Waals surface area (Å²) < 4.78 is 20.0. The summed E-state index contributed by atoms with van der Waals surface area (Å²) in [5.74, 6) is -2.75. The van der Waals surface area contributed by atoms with Gasteiger partial charge in [-0.25, -0.2) is 4.39 Å². The highest BCUT2D eigenvalue weighted by atomic mass is 19.1. The van der Waals surface area contributed by atoms with Gasteiger partial charge in [-0.2, -0.15) is 0 Å². The Morgan fingerprint density at radius 1 is 0.857 bits per heavy atom. The molecule has 1 fully saturated rings. The smallest absolute Gasteiger partial charge is 0.238 e. The van der Waals surface area contributed by atoms with Crippen LogP contribution < -0.4 is 5.32 Å². The van der Waals surface area contributed by atoms with Crippen molar-refractivity contribution in [3.8, 4) is 0 Å². The number of ketones is 2.